The highest BCUT2D eigenvalue weighted by Crippen LogP contribution is 2.31. The van der Waals surface area contributed by atoms with Crippen LogP contribution >= 0.6 is 0 Å². The van der Waals surface area contributed by atoms with E-state index in [2.05, 4.69) is 36.2 Å². The minimum absolute atomic E-state index is 0.0143. The van der Waals surface area contributed by atoms with Crippen LogP contribution < -0.4 is 19.5 Å². The molecule has 3 rings (SSSR count). The first kappa shape index (κ1) is 31.5. The number of nitrogens with one attached hydrogen (secondary N) is 1. The molecule has 0 aromatic heterocycles. The average molecular weight is 553 g/mol. The second-order valence-electron chi connectivity index (χ2n) is 10.7. The summed E-state index contributed by atoms with van der Waals surface area (Å²) in [5.41, 5.74) is 1.84. The second-order valence-corrected chi connectivity index (χ2v) is 10.7. The van der Waals surface area contributed by atoms with Crippen LogP contribution in [-0.4, -0.2) is 62.6 Å². The Balaban J connectivity index is 1.51. The molecule has 2 aromatic rings. The SMILES string of the molecule is CCCCN(CCCC)C[C@H](Cc1ccc2c(c1)OCCO2)NC(=O)CCCCCC(=O)c1ccc(OC)cc1. The molecule has 2 aromatic carbocycles. The fraction of sp³-hybridized carbons (Fsp3) is 0.576. The maximum atomic E-state index is 13.0. The monoisotopic (exact) mass is 552 g/mol. The van der Waals surface area contributed by atoms with E-state index in [1.807, 2.05) is 18.2 Å². The van der Waals surface area contributed by atoms with Gasteiger partial charge in [-0.1, -0.05) is 39.2 Å². The van der Waals surface area contributed by atoms with Gasteiger partial charge in [-0.25, -0.2) is 0 Å². The number of hydrogen-bond acceptors (Lipinski definition) is 6. The maximum Gasteiger partial charge on any atom is 0.220 e. The van der Waals surface area contributed by atoms with Gasteiger partial charge in [-0.3, -0.25) is 9.59 Å². The molecule has 0 unspecified atom stereocenters. The Hall–Kier alpha value is -3.06. The van der Waals surface area contributed by atoms with Crippen molar-refractivity contribution in [1.29, 1.82) is 0 Å². The molecule has 1 aliphatic rings. The van der Waals surface area contributed by atoms with E-state index in [-0.39, 0.29) is 17.7 Å². The fourth-order valence-corrected chi connectivity index (χ4v) is 5.00. The number of hydrogen-bond donors (Lipinski definition) is 1. The minimum Gasteiger partial charge on any atom is -0.497 e. The van der Waals surface area contributed by atoms with Gasteiger partial charge in [-0.2, -0.15) is 0 Å². The molecule has 1 atom stereocenters. The number of ketones is 1. The third-order valence-corrected chi connectivity index (χ3v) is 7.31. The average Bonchev–Trinajstić information content (AvgIpc) is 2.98. The normalized spacial score (nSPS) is 13.2. The Kier molecular flexibility index (Phi) is 13.8. The topological polar surface area (TPSA) is 77.1 Å². The fourth-order valence-electron chi connectivity index (χ4n) is 5.00. The van der Waals surface area contributed by atoms with E-state index in [4.69, 9.17) is 14.2 Å². The first-order chi connectivity index (χ1) is 19.5. The van der Waals surface area contributed by atoms with Crippen molar-refractivity contribution in [3.63, 3.8) is 0 Å². The Bertz CT molecular complexity index is 1030. The number of benzene rings is 2. The maximum absolute atomic E-state index is 13.0. The molecule has 1 amide bonds. The van der Waals surface area contributed by atoms with Crippen molar-refractivity contribution < 1.29 is 23.8 Å². The number of ether oxygens (including phenoxy) is 3. The van der Waals surface area contributed by atoms with Crippen molar-refractivity contribution in [1.82, 2.24) is 10.2 Å². The highest BCUT2D eigenvalue weighted by atomic mass is 16.6. The molecule has 40 heavy (non-hydrogen) atoms. The molecule has 220 valence electrons. The predicted molar refractivity (Wildman–Crippen MR) is 160 cm³/mol. The van der Waals surface area contributed by atoms with E-state index >= 15 is 0 Å². The molecule has 0 radical (unpaired) electrons. The third kappa shape index (κ3) is 10.8. The van der Waals surface area contributed by atoms with E-state index in [0.29, 0.717) is 31.6 Å². The molecule has 1 N–H and O–H groups in total. The van der Waals surface area contributed by atoms with Gasteiger partial charge in [0.2, 0.25) is 5.91 Å². The van der Waals surface area contributed by atoms with Crippen LogP contribution in [0, 0.1) is 0 Å². The minimum atomic E-state index is 0.0143. The van der Waals surface area contributed by atoms with Crippen LogP contribution in [0.25, 0.3) is 0 Å². The standard InChI is InChI=1S/C33H48N2O5/c1-4-6-19-35(20-7-5-2)25-28(23-26-13-18-31-32(24-26)40-22-21-39-31)34-33(37)12-10-8-9-11-30(36)27-14-16-29(38-3)17-15-27/h13-18,24,28H,4-12,19-23,25H2,1-3H3,(H,34,37)/t28-/m0/s1. The van der Waals surface area contributed by atoms with Crippen LogP contribution in [0.15, 0.2) is 42.5 Å². The lowest BCUT2D eigenvalue weighted by Crippen LogP contribution is -2.45. The summed E-state index contributed by atoms with van der Waals surface area (Å²) >= 11 is 0. The van der Waals surface area contributed by atoms with Crippen molar-refractivity contribution in [3.8, 4) is 17.2 Å². The summed E-state index contributed by atoms with van der Waals surface area (Å²) in [6.07, 6.45) is 8.73. The van der Waals surface area contributed by atoms with Crippen molar-refractivity contribution in [2.75, 3.05) is 40.0 Å². The Labute approximate surface area is 240 Å². The van der Waals surface area contributed by atoms with Gasteiger partial charge in [0.25, 0.3) is 0 Å². The highest BCUT2D eigenvalue weighted by Gasteiger charge is 2.19. The summed E-state index contributed by atoms with van der Waals surface area (Å²) in [7, 11) is 1.61. The number of amides is 1. The molecule has 0 spiro atoms. The van der Waals surface area contributed by atoms with Crippen LogP contribution in [0.4, 0.5) is 0 Å². The molecule has 7 heteroatoms. The zero-order valence-electron chi connectivity index (χ0n) is 24.7. The van der Waals surface area contributed by atoms with E-state index in [0.717, 1.165) is 93.8 Å². The molecule has 0 bridgehead atoms. The Morgan fingerprint density at radius 2 is 1.55 bits per heavy atom. The lowest BCUT2D eigenvalue weighted by Gasteiger charge is -2.29. The summed E-state index contributed by atoms with van der Waals surface area (Å²) in [6.45, 7) is 8.50. The van der Waals surface area contributed by atoms with Gasteiger partial charge in [0.05, 0.1) is 7.11 Å². The van der Waals surface area contributed by atoms with Crippen molar-refractivity contribution in [2.45, 2.75) is 84.1 Å². The van der Waals surface area contributed by atoms with E-state index < -0.39 is 0 Å². The zero-order chi connectivity index (χ0) is 28.6. The van der Waals surface area contributed by atoms with E-state index in [9.17, 15) is 9.59 Å². The largest absolute Gasteiger partial charge is 0.497 e. The number of carbonyl (C=O) groups excluding carboxylic acids is 2. The molecule has 0 aliphatic carbocycles. The molecule has 1 aliphatic heterocycles. The van der Waals surface area contributed by atoms with Gasteiger partial charge in [0, 0.05) is 31.0 Å². The van der Waals surface area contributed by atoms with Gasteiger partial charge < -0.3 is 24.4 Å². The molecule has 7 nitrogen and oxygen atoms in total. The van der Waals surface area contributed by atoms with Crippen LogP contribution in [0.3, 0.4) is 0 Å². The number of Topliss-reactive ketones (excluding diaryl/α,β-unsaturated/α-hetero) is 1. The van der Waals surface area contributed by atoms with Gasteiger partial charge >= 0.3 is 0 Å². The van der Waals surface area contributed by atoms with Gasteiger partial charge in [0.15, 0.2) is 17.3 Å². The number of carbonyl (C=O) groups is 2. The molecular formula is C33H48N2O5. The summed E-state index contributed by atoms with van der Waals surface area (Å²) in [4.78, 5) is 28.0. The smallest absolute Gasteiger partial charge is 0.220 e. The highest BCUT2D eigenvalue weighted by molar-refractivity contribution is 5.96. The second kappa shape index (κ2) is 17.6. The van der Waals surface area contributed by atoms with Crippen LogP contribution in [0.5, 0.6) is 17.2 Å². The number of methoxy groups -OCH3 is 1. The summed E-state index contributed by atoms with van der Waals surface area (Å²) < 4.78 is 16.6. The van der Waals surface area contributed by atoms with Crippen molar-refractivity contribution in [2.24, 2.45) is 0 Å². The molecule has 0 fully saturated rings. The third-order valence-electron chi connectivity index (χ3n) is 7.31. The van der Waals surface area contributed by atoms with Gasteiger partial charge in [-0.05, 0) is 87.2 Å². The molecule has 0 saturated heterocycles. The molecule has 0 saturated carbocycles. The van der Waals surface area contributed by atoms with Crippen LogP contribution in [-0.2, 0) is 11.2 Å². The Morgan fingerprint density at radius 3 is 2.23 bits per heavy atom. The van der Waals surface area contributed by atoms with Crippen molar-refractivity contribution in [3.05, 3.63) is 53.6 Å². The van der Waals surface area contributed by atoms with E-state index in [1.54, 1.807) is 19.2 Å². The lowest BCUT2D eigenvalue weighted by atomic mass is 10.0. The first-order valence-electron chi connectivity index (χ1n) is 15.1. The summed E-state index contributed by atoms with van der Waals surface area (Å²) in [5.74, 6) is 2.52. The van der Waals surface area contributed by atoms with Crippen LogP contribution in [0.1, 0.15) is 87.6 Å². The Morgan fingerprint density at radius 1 is 0.875 bits per heavy atom. The zero-order valence-corrected chi connectivity index (χ0v) is 24.7. The summed E-state index contributed by atoms with van der Waals surface area (Å²) in [5, 5.41) is 3.33. The number of rotatable bonds is 19. The van der Waals surface area contributed by atoms with Crippen molar-refractivity contribution >= 4 is 11.7 Å². The van der Waals surface area contributed by atoms with E-state index in [1.165, 1.54) is 0 Å². The van der Waals surface area contributed by atoms with Crippen LogP contribution in [0.2, 0.25) is 0 Å². The number of fused-ring (bicyclic) bond motifs is 1. The number of nitrogens with zero attached hydrogens (tertiary/aromatic N) is 1. The summed E-state index contributed by atoms with van der Waals surface area (Å²) in [6, 6.07) is 13.4. The quantitative estimate of drug-likeness (QED) is 0.164. The molecule has 1 heterocycles. The number of unbranched alkanes of at least 4 members (excludes halogenated alkanes) is 4. The van der Waals surface area contributed by atoms with Gasteiger partial charge in [-0.15, -0.1) is 0 Å². The predicted octanol–water partition coefficient (Wildman–Crippen LogP) is 6.23. The molecular weight excluding hydrogens is 504 g/mol. The lowest BCUT2D eigenvalue weighted by molar-refractivity contribution is -0.122. The van der Waals surface area contributed by atoms with Gasteiger partial charge in [0.1, 0.15) is 19.0 Å². The first-order valence-corrected chi connectivity index (χ1v) is 15.1.